The molecular formula is C13H22O6. The average molecular weight is 274 g/mol. The molecule has 0 radical (unpaired) electrons. The van der Waals surface area contributed by atoms with Crippen molar-refractivity contribution in [2.75, 3.05) is 13.2 Å². The molecule has 0 unspecified atom stereocenters. The Kier molecular flexibility index (Phi) is 3.42. The molecule has 2 rings (SSSR count). The summed E-state index contributed by atoms with van der Waals surface area (Å²) < 4.78 is 21.8. The number of fused-ring (bicyclic) bond motifs is 1. The van der Waals surface area contributed by atoms with Crippen LogP contribution < -0.4 is 0 Å². The van der Waals surface area contributed by atoms with Gasteiger partial charge in [0.2, 0.25) is 5.79 Å². The summed E-state index contributed by atoms with van der Waals surface area (Å²) in [6, 6.07) is 0. The van der Waals surface area contributed by atoms with Crippen LogP contribution in [0.1, 0.15) is 34.6 Å². The van der Waals surface area contributed by atoms with Crippen LogP contribution in [0.5, 0.6) is 0 Å². The number of aliphatic hydroxyl groups is 1. The lowest BCUT2D eigenvalue weighted by atomic mass is 9.79. The minimum absolute atomic E-state index is 0.188. The maximum atomic E-state index is 12.0. The van der Waals surface area contributed by atoms with Crippen molar-refractivity contribution in [3.63, 3.8) is 0 Å². The average Bonchev–Trinajstić information content (AvgIpc) is 2.75. The van der Waals surface area contributed by atoms with Crippen molar-refractivity contribution in [3.05, 3.63) is 0 Å². The Labute approximate surface area is 113 Å². The molecule has 0 amide bonds. The molecule has 6 heteroatoms. The van der Waals surface area contributed by atoms with E-state index in [1.54, 1.807) is 34.6 Å². The van der Waals surface area contributed by atoms with Crippen LogP contribution in [0, 0.1) is 5.41 Å². The van der Waals surface area contributed by atoms with Gasteiger partial charge in [0.15, 0.2) is 5.79 Å². The first-order valence-corrected chi connectivity index (χ1v) is 6.53. The molecule has 3 atom stereocenters. The lowest BCUT2D eigenvalue weighted by Crippen LogP contribution is -2.57. The van der Waals surface area contributed by atoms with E-state index < -0.39 is 29.1 Å². The van der Waals surface area contributed by atoms with E-state index in [4.69, 9.17) is 18.9 Å². The first kappa shape index (κ1) is 14.7. The predicted molar refractivity (Wildman–Crippen MR) is 65.1 cm³/mol. The number of carbonyl (C=O) groups excluding carboxylic acids is 1. The third kappa shape index (κ3) is 2.16. The fraction of sp³-hybridized carbons (Fsp3) is 0.923. The van der Waals surface area contributed by atoms with E-state index in [0.29, 0.717) is 0 Å². The van der Waals surface area contributed by atoms with Gasteiger partial charge in [-0.05, 0) is 34.6 Å². The molecule has 0 aliphatic carbocycles. The van der Waals surface area contributed by atoms with Crippen molar-refractivity contribution < 1.29 is 28.8 Å². The highest BCUT2D eigenvalue weighted by molar-refractivity contribution is 5.77. The molecule has 19 heavy (non-hydrogen) atoms. The van der Waals surface area contributed by atoms with Crippen LogP contribution in [0.25, 0.3) is 0 Å². The Bertz CT molecular complexity index is 377. The summed E-state index contributed by atoms with van der Waals surface area (Å²) in [5.74, 6) is -3.07. The zero-order valence-electron chi connectivity index (χ0n) is 12.1. The minimum Gasteiger partial charge on any atom is -0.465 e. The van der Waals surface area contributed by atoms with Crippen LogP contribution >= 0.6 is 0 Å². The topological polar surface area (TPSA) is 74.2 Å². The van der Waals surface area contributed by atoms with Crippen molar-refractivity contribution in [1.82, 2.24) is 0 Å². The molecule has 1 N–H and O–H groups in total. The third-order valence-electron chi connectivity index (χ3n) is 3.72. The maximum Gasteiger partial charge on any atom is 0.317 e. The van der Waals surface area contributed by atoms with E-state index in [1.807, 2.05) is 0 Å². The van der Waals surface area contributed by atoms with E-state index in [1.165, 1.54) is 0 Å². The highest BCUT2D eigenvalue weighted by Gasteiger charge is 2.66. The van der Waals surface area contributed by atoms with E-state index in [0.717, 1.165) is 0 Å². The highest BCUT2D eigenvalue weighted by Crippen LogP contribution is 2.48. The molecule has 0 spiro atoms. The molecule has 2 aliphatic heterocycles. The Morgan fingerprint density at radius 2 is 2.05 bits per heavy atom. The molecule has 2 fully saturated rings. The highest BCUT2D eigenvalue weighted by atomic mass is 16.8. The Morgan fingerprint density at radius 3 is 2.63 bits per heavy atom. The van der Waals surface area contributed by atoms with Gasteiger partial charge in [-0.1, -0.05) is 0 Å². The zero-order valence-corrected chi connectivity index (χ0v) is 12.1. The lowest BCUT2D eigenvalue weighted by molar-refractivity contribution is -0.299. The van der Waals surface area contributed by atoms with Crippen LogP contribution in [0.2, 0.25) is 0 Å². The van der Waals surface area contributed by atoms with Crippen molar-refractivity contribution in [2.45, 2.75) is 58.4 Å². The molecule has 0 bridgehead atoms. The van der Waals surface area contributed by atoms with Gasteiger partial charge in [0, 0.05) is 0 Å². The second-order valence-corrected chi connectivity index (χ2v) is 5.95. The van der Waals surface area contributed by atoms with Crippen LogP contribution in [0.15, 0.2) is 0 Å². The molecule has 0 aromatic carbocycles. The summed E-state index contributed by atoms with van der Waals surface area (Å²) in [6.07, 6.45) is -1.09. The van der Waals surface area contributed by atoms with Gasteiger partial charge < -0.3 is 24.1 Å². The van der Waals surface area contributed by atoms with Gasteiger partial charge in [0.1, 0.15) is 17.6 Å². The Balaban J connectivity index is 2.25. The van der Waals surface area contributed by atoms with Gasteiger partial charge in [-0.3, -0.25) is 4.79 Å². The van der Waals surface area contributed by atoms with Gasteiger partial charge in [0.05, 0.1) is 13.2 Å². The molecule has 2 aliphatic rings. The smallest absolute Gasteiger partial charge is 0.317 e. The number of hydrogen-bond acceptors (Lipinski definition) is 6. The van der Waals surface area contributed by atoms with Gasteiger partial charge >= 0.3 is 5.97 Å². The molecule has 0 aromatic heterocycles. The van der Waals surface area contributed by atoms with Gasteiger partial charge in [-0.25, -0.2) is 0 Å². The SMILES string of the molecule is CCOC(=O)C(C)(C)[C@]1(O)OC[C@H]2OC(C)(C)O[C@H]21. The van der Waals surface area contributed by atoms with E-state index >= 15 is 0 Å². The number of ether oxygens (including phenoxy) is 4. The summed E-state index contributed by atoms with van der Waals surface area (Å²) in [5.41, 5.74) is -1.24. The van der Waals surface area contributed by atoms with Gasteiger partial charge in [-0.2, -0.15) is 0 Å². The van der Waals surface area contributed by atoms with Gasteiger partial charge in [-0.15, -0.1) is 0 Å². The van der Waals surface area contributed by atoms with Crippen molar-refractivity contribution in [3.8, 4) is 0 Å². The van der Waals surface area contributed by atoms with Crippen LogP contribution in [0.4, 0.5) is 0 Å². The summed E-state index contributed by atoms with van der Waals surface area (Å²) in [5, 5.41) is 10.8. The standard InChI is InChI=1S/C13H22O6/c1-6-16-10(14)11(2,3)13(15)9-8(7-17-13)18-12(4,5)19-9/h8-9,15H,6-7H2,1-5H3/t8-,9-,13-/m1/s1. The second-order valence-electron chi connectivity index (χ2n) is 5.95. The predicted octanol–water partition coefficient (Wildman–Crippen LogP) is 0.815. The van der Waals surface area contributed by atoms with Crippen molar-refractivity contribution >= 4 is 5.97 Å². The second kappa shape index (κ2) is 4.41. The summed E-state index contributed by atoms with van der Waals surface area (Å²) in [4.78, 5) is 12.0. The zero-order chi connectivity index (χ0) is 14.5. The Hall–Kier alpha value is -0.690. The number of carbonyl (C=O) groups is 1. The lowest BCUT2D eigenvalue weighted by Gasteiger charge is -2.39. The molecule has 6 nitrogen and oxygen atoms in total. The monoisotopic (exact) mass is 274 g/mol. The molecular weight excluding hydrogens is 252 g/mol. The Morgan fingerprint density at radius 1 is 1.42 bits per heavy atom. The van der Waals surface area contributed by atoms with E-state index in [9.17, 15) is 9.90 Å². The first-order chi connectivity index (χ1) is 8.64. The summed E-state index contributed by atoms with van der Waals surface area (Å²) >= 11 is 0. The molecule has 0 saturated carbocycles. The maximum absolute atomic E-state index is 12.0. The summed E-state index contributed by atoms with van der Waals surface area (Å²) in [7, 11) is 0. The molecule has 110 valence electrons. The quantitative estimate of drug-likeness (QED) is 0.768. The molecule has 2 saturated heterocycles. The first-order valence-electron chi connectivity index (χ1n) is 6.53. The number of hydrogen-bond donors (Lipinski definition) is 1. The van der Waals surface area contributed by atoms with E-state index in [2.05, 4.69) is 0 Å². The largest absolute Gasteiger partial charge is 0.465 e. The van der Waals surface area contributed by atoms with Crippen LogP contribution in [0.3, 0.4) is 0 Å². The fourth-order valence-corrected chi connectivity index (χ4v) is 2.57. The number of esters is 1. The third-order valence-corrected chi connectivity index (χ3v) is 3.72. The van der Waals surface area contributed by atoms with E-state index in [-0.39, 0.29) is 19.3 Å². The van der Waals surface area contributed by atoms with Crippen LogP contribution in [-0.4, -0.2) is 48.1 Å². The number of rotatable bonds is 3. The van der Waals surface area contributed by atoms with Crippen molar-refractivity contribution in [2.24, 2.45) is 5.41 Å². The summed E-state index contributed by atoms with van der Waals surface area (Å²) in [6.45, 7) is 8.85. The van der Waals surface area contributed by atoms with Crippen molar-refractivity contribution in [1.29, 1.82) is 0 Å². The molecule has 0 aromatic rings. The van der Waals surface area contributed by atoms with Gasteiger partial charge in [0.25, 0.3) is 0 Å². The minimum atomic E-state index is -1.75. The fourth-order valence-electron chi connectivity index (χ4n) is 2.57. The molecule has 2 heterocycles. The van der Waals surface area contributed by atoms with Crippen LogP contribution in [-0.2, 0) is 23.7 Å². The normalized spacial score (nSPS) is 37.2.